The molecule has 2 aromatic rings. The highest BCUT2D eigenvalue weighted by Crippen LogP contribution is 2.30. The van der Waals surface area contributed by atoms with Gasteiger partial charge in [0.1, 0.15) is 0 Å². The maximum Gasteiger partial charge on any atom is 0.211 e. The first-order chi connectivity index (χ1) is 8.22. The number of anilines is 1. The number of benzene rings is 2. The second-order valence-corrected chi connectivity index (χ2v) is 4.13. The van der Waals surface area contributed by atoms with Crippen LogP contribution in [0.25, 0.3) is 11.1 Å². The van der Waals surface area contributed by atoms with Gasteiger partial charge in [0.2, 0.25) is 6.41 Å². The predicted molar refractivity (Wildman–Crippen MR) is 71.0 cm³/mol. The molecule has 0 fully saturated rings. The third-order valence-corrected chi connectivity index (χ3v) is 2.82. The zero-order valence-corrected chi connectivity index (χ0v) is 10.0. The Morgan fingerprint density at radius 3 is 2.47 bits per heavy atom. The van der Waals surface area contributed by atoms with Gasteiger partial charge in [-0.25, -0.2) is 0 Å². The van der Waals surface area contributed by atoms with Crippen LogP contribution in [0.3, 0.4) is 0 Å². The molecule has 0 spiro atoms. The first kappa shape index (κ1) is 11.4. The van der Waals surface area contributed by atoms with E-state index in [1.165, 1.54) is 5.56 Å². The van der Waals surface area contributed by atoms with Crippen LogP contribution in [0, 0.1) is 13.8 Å². The number of rotatable bonds is 3. The van der Waals surface area contributed by atoms with Crippen molar-refractivity contribution >= 4 is 12.1 Å². The molecule has 0 bridgehead atoms. The van der Waals surface area contributed by atoms with E-state index in [-0.39, 0.29) is 0 Å². The molecule has 2 aromatic carbocycles. The highest BCUT2D eigenvalue weighted by atomic mass is 16.1. The van der Waals surface area contributed by atoms with Crippen molar-refractivity contribution in [2.45, 2.75) is 13.8 Å². The van der Waals surface area contributed by atoms with Crippen LogP contribution < -0.4 is 5.32 Å². The Morgan fingerprint density at radius 1 is 1.00 bits per heavy atom. The fraction of sp³-hybridized carbons (Fsp3) is 0.133. The van der Waals surface area contributed by atoms with Gasteiger partial charge >= 0.3 is 0 Å². The minimum Gasteiger partial charge on any atom is -0.328 e. The van der Waals surface area contributed by atoms with Gasteiger partial charge in [-0.1, -0.05) is 36.4 Å². The molecule has 2 rings (SSSR count). The van der Waals surface area contributed by atoms with E-state index in [1.54, 1.807) is 0 Å². The molecule has 0 heterocycles. The van der Waals surface area contributed by atoms with Crippen molar-refractivity contribution in [3.8, 4) is 11.1 Å². The molecular formula is C15H15NO. The van der Waals surface area contributed by atoms with Crippen molar-refractivity contribution in [2.75, 3.05) is 5.32 Å². The molecule has 2 nitrogen and oxygen atoms in total. The molecule has 2 heteroatoms. The number of aryl methyl sites for hydroxylation is 2. The van der Waals surface area contributed by atoms with E-state index in [4.69, 9.17) is 0 Å². The van der Waals surface area contributed by atoms with Gasteiger partial charge in [-0.2, -0.15) is 0 Å². The number of hydrogen-bond donors (Lipinski definition) is 1. The lowest BCUT2D eigenvalue weighted by Gasteiger charge is -2.11. The van der Waals surface area contributed by atoms with E-state index in [9.17, 15) is 4.79 Å². The molecule has 0 aromatic heterocycles. The van der Waals surface area contributed by atoms with Gasteiger partial charge in [-0.15, -0.1) is 0 Å². The van der Waals surface area contributed by atoms with Gasteiger partial charge < -0.3 is 5.32 Å². The summed E-state index contributed by atoms with van der Waals surface area (Å²) in [5, 5.41) is 2.76. The number of amides is 1. The van der Waals surface area contributed by atoms with Crippen LogP contribution >= 0.6 is 0 Å². The molecule has 0 aliphatic rings. The second kappa shape index (κ2) is 4.83. The first-order valence-corrected chi connectivity index (χ1v) is 5.59. The van der Waals surface area contributed by atoms with Gasteiger partial charge in [0.05, 0.1) is 0 Å². The largest absolute Gasteiger partial charge is 0.328 e. The van der Waals surface area contributed by atoms with Crippen molar-refractivity contribution in [3.63, 3.8) is 0 Å². The predicted octanol–water partition coefficient (Wildman–Crippen LogP) is 3.54. The van der Waals surface area contributed by atoms with Gasteiger partial charge in [0, 0.05) is 11.3 Å². The second-order valence-electron chi connectivity index (χ2n) is 4.13. The summed E-state index contributed by atoms with van der Waals surface area (Å²) < 4.78 is 0. The van der Waals surface area contributed by atoms with Crippen molar-refractivity contribution in [3.05, 3.63) is 53.6 Å². The Bertz CT molecular complexity index is 546. The minimum absolute atomic E-state index is 0.719. The number of carbonyl (C=O) groups excluding carboxylic acids is 1. The number of hydrogen-bond acceptors (Lipinski definition) is 1. The molecule has 0 saturated carbocycles. The summed E-state index contributed by atoms with van der Waals surface area (Å²) in [4.78, 5) is 10.6. The highest BCUT2D eigenvalue weighted by molar-refractivity contribution is 5.86. The quantitative estimate of drug-likeness (QED) is 0.795. The molecule has 0 atom stereocenters. The Balaban J connectivity index is 2.58. The van der Waals surface area contributed by atoms with E-state index >= 15 is 0 Å². The topological polar surface area (TPSA) is 29.1 Å². The van der Waals surface area contributed by atoms with Crippen LogP contribution in [-0.2, 0) is 4.79 Å². The fourth-order valence-corrected chi connectivity index (χ4v) is 1.95. The zero-order chi connectivity index (χ0) is 12.3. The molecule has 0 radical (unpaired) electrons. The Hall–Kier alpha value is -2.09. The van der Waals surface area contributed by atoms with Crippen LogP contribution in [0.1, 0.15) is 11.1 Å². The molecule has 0 aliphatic carbocycles. The molecule has 1 N–H and O–H groups in total. The van der Waals surface area contributed by atoms with Crippen molar-refractivity contribution < 1.29 is 4.79 Å². The third kappa shape index (κ3) is 2.36. The number of carbonyl (C=O) groups is 1. The van der Waals surface area contributed by atoms with Crippen molar-refractivity contribution in [1.29, 1.82) is 0 Å². The standard InChI is InChI=1S/C15H15NO/c1-11-7-8-14(15(9-11)16-10-17)13-6-4-3-5-12(13)2/h3-10H,1-2H3,(H,16,17). The molecule has 86 valence electrons. The summed E-state index contributed by atoms with van der Waals surface area (Å²) >= 11 is 0. The molecule has 0 saturated heterocycles. The van der Waals surface area contributed by atoms with Crippen LogP contribution in [0.15, 0.2) is 42.5 Å². The number of nitrogens with one attached hydrogen (secondary N) is 1. The summed E-state index contributed by atoms with van der Waals surface area (Å²) in [6.45, 7) is 4.08. The van der Waals surface area contributed by atoms with Crippen molar-refractivity contribution in [2.24, 2.45) is 0 Å². The normalized spacial score (nSPS) is 10.0. The van der Waals surface area contributed by atoms with Crippen LogP contribution in [0.4, 0.5) is 5.69 Å². The first-order valence-electron chi connectivity index (χ1n) is 5.59. The Kier molecular flexibility index (Phi) is 3.24. The van der Waals surface area contributed by atoms with Crippen LogP contribution in [0.5, 0.6) is 0 Å². The Morgan fingerprint density at radius 2 is 1.76 bits per heavy atom. The molecular weight excluding hydrogens is 210 g/mol. The zero-order valence-electron chi connectivity index (χ0n) is 10.0. The average molecular weight is 225 g/mol. The summed E-state index contributed by atoms with van der Waals surface area (Å²) in [5.74, 6) is 0. The minimum atomic E-state index is 0.719. The van der Waals surface area contributed by atoms with Crippen LogP contribution in [-0.4, -0.2) is 6.41 Å². The fourth-order valence-electron chi connectivity index (χ4n) is 1.95. The van der Waals surface area contributed by atoms with Gasteiger partial charge in [-0.3, -0.25) is 4.79 Å². The highest BCUT2D eigenvalue weighted by Gasteiger charge is 2.06. The summed E-state index contributed by atoms with van der Waals surface area (Å²) in [6, 6.07) is 14.2. The SMILES string of the molecule is Cc1ccc(-c2ccccc2C)c(NC=O)c1. The molecule has 1 amide bonds. The maximum atomic E-state index is 10.6. The lowest BCUT2D eigenvalue weighted by Crippen LogP contribution is -1.97. The molecule has 0 unspecified atom stereocenters. The molecule has 17 heavy (non-hydrogen) atoms. The van der Waals surface area contributed by atoms with Crippen LogP contribution in [0.2, 0.25) is 0 Å². The van der Waals surface area contributed by atoms with E-state index in [0.29, 0.717) is 0 Å². The monoisotopic (exact) mass is 225 g/mol. The maximum absolute atomic E-state index is 10.6. The third-order valence-electron chi connectivity index (χ3n) is 2.82. The van der Waals surface area contributed by atoms with E-state index in [0.717, 1.165) is 28.8 Å². The summed E-state index contributed by atoms with van der Waals surface area (Å²) in [5.41, 5.74) is 5.39. The smallest absolute Gasteiger partial charge is 0.211 e. The van der Waals surface area contributed by atoms with Gasteiger partial charge in [0.15, 0.2) is 0 Å². The van der Waals surface area contributed by atoms with Gasteiger partial charge in [0.25, 0.3) is 0 Å². The lowest BCUT2D eigenvalue weighted by atomic mass is 9.98. The van der Waals surface area contributed by atoms with Crippen molar-refractivity contribution in [1.82, 2.24) is 0 Å². The van der Waals surface area contributed by atoms with E-state index < -0.39 is 0 Å². The Labute approximate surface area is 101 Å². The van der Waals surface area contributed by atoms with Gasteiger partial charge in [-0.05, 0) is 36.6 Å². The van der Waals surface area contributed by atoms with E-state index in [1.807, 2.05) is 31.2 Å². The summed E-state index contributed by atoms with van der Waals surface area (Å²) in [6.07, 6.45) is 0.719. The van der Waals surface area contributed by atoms with E-state index in [2.05, 4.69) is 30.4 Å². The lowest BCUT2D eigenvalue weighted by molar-refractivity contribution is -0.105. The average Bonchev–Trinajstić information content (AvgIpc) is 2.31. The summed E-state index contributed by atoms with van der Waals surface area (Å²) in [7, 11) is 0. The molecule has 0 aliphatic heterocycles.